The molecule has 2 unspecified atom stereocenters. The number of fused-ring (bicyclic) bond motifs is 2. The summed E-state index contributed by atoms with van der Waals surface area (Å²) in [5.41, 5.74) is 3.73. The Morgan fingerprint density at radius 1 is 1.15 bits per heavy atom. The van der Waals surface area contributed by atoms with Crippen LogP contribution >= 0.6 is 0 Å². The van der Waals surface area contributed by atoms with Crippen LogP contribution in [0.25, 0.3) is 0 Å². The van der Waals surface area contributed by atoms with Gasteiger partial charge in [0.1, 0.15) is 0 Å². The van der Waals surface area contributed by atoms with E-state index in [4.69, 9.17) is 0 Å². The number of likely N-dealkylation sites (tertiary alicyclic amines) is 1. The Labute approximate surface area is 120 Å². The van der Waals surface area contributed by atoms with Crippen molar-refractivity contribution in [1.82, 2.24) is 10.2 Å². The zero-order chi connectivity index (χ0) is 13.5. The summed E-state index contributed by atoms with van der Waals surface area (Å²) in [4.78, 5) is 14.7. The summed E-state index contributed by atoms with van der Waals surface area (Å²) in [5.74, 6) is 0.901. The highest BCUT2D eigenvalue weighted by molar-refractivity contribution is 5.94. The Morgan fingerprint density at radius 3 is 2.95 bits per heavy atom. The summed E-state index contributed by atoms with van der Waals surface area (Å²) < 4.78 is 0. The standard InChI is InChI=1S/C17H22N2O/c20-17(14-7-6-12-3-1-4-13(12)9-14)19-10-15-5-2-8-18-16(15)11-19/h6-7,9,15-16,18H,1-5,8,10-11H2. The fraction of sp³-hybridized carbons (Fsp3) is 0.588. The molecule has 0 bridgehead atoms. The van der Waals surface area contributed by atoms with E-state index in [9.17, 15) is 4.79 Å². The predicted molar refractivity (Wildman–Crippen MR) is 78.9 cm³/mol. The lowest BCUT2D eigenvalue weighted by Gasteiger charge is -2.24. The zero-order valence-electron chi connectivity index (χ0n) is 11.9. The van der Waals surface area contributed by atoms with Gasteiger partial charge >= 0.3 is 0 Å². The number of rotatable bonds is 1. The molecule has 1 aromatic rings. The van der Waals surface area contributed by atoms with Crippen molar-refractivity contribution in [3.8, 4) is 0 Å². The van der Waals surface area contributed by atoms with Gasteiger partial charge in [0.15, 0.2) is 0 Å². The molecule has 2 aliphatic heterocycles. The molecule has 2 atom stereocenters. The Bertz CT molecular complexity index is 526. The molecule has 1 aromatic carbocycles. The number of hydrogen-bond donors (Lipinski definition) is 1. The van der Waals surface area contributed by atoms with Crippen LogP contribution in [0.4, 0.5) is 0 Å². The van der Waals surface area contributed by atoms with Gasteiger partial charge in [-0.25, -0.2) is 0 Å². The highest BCUT2D eigenvalue weighted by Crippen LogP contribution is 2.28. The zero-order valence-corrected chi connectivity index (χ0v) is 11.9. The number of carbonyl (C=O) groups excluding carboxylic acids is 1. The van der Waals surface area contributed by atoms with Gasteiger partial charge in [-0.2, -0.15) is 0 Å². The first-order chi connectivity index (χ1) is 9.81. The number of carbonyl (C=O) groups is 1. The normalized spacial score (nSPS) is 28.3. The lowest BCUT2D eigenvalue weighted by atomic mass is 9.94. The number of hydrogen-bond acceptors (Lipinski definition) is 2. The molecule has 0 saturated carbocycles. The van der Waals surface area contributed by atoms with Crippen molar-refractivity contribution < 1.29 is 4.79 Å². The SMILES string of the molecule is O=C(c1ccc2c(c1)CCC2)N1CC2CCCNC2C1. The van der Waals surface area contributed by atoms with Crippen molar-refractivity contribution in [3.63, 3.8) is 0 Å². The molecule has 0 spiro atoms. The van der Waals surface area contributed by atoms with Crippen molar-refractivity contribution in [2.75, 3.05) is 19.6 Å². The molecule has 2 saturated heterocycles. The van der Waals surface area contributed by atoms with Crippen molar-refractivity contribution in [3.05, 3.63) is 34.9 Å². The third-order valence-corrected chi connectivity index (χ3v) is 5.23. The van der Waals surface area contributed by atoms with Gasteiger partial charge < -0.3 is 10.2 Å². The topological polar surface area (TPSA) is 32.3 Å². The molecule has 1 N–H and O–H groups in total. The molecule has 3 heteroatoms. The van der Waals surface area contributed by atoms with E-state index < -0.39 is 0 Å². The number of piperidine rings is 1. The molecule has 0 radical (unpaired) electrons. The Hall–Kier alpha value is -1.35. The summed E-state index contributed by atoms with van der Waals surface area (Å²) in [7, 11) is 0. The first kappa shape index (κ1) is 12.4. The maximum atomic E-state index is 12.7. The summed E-state index contributed by atoms with van der Waals surface area (Å²) in [6.07, 6.45) is 6.09. The van der Waals surface area contributed by atoms with Gasteiger partial charge in [0, 0.05) is 24.7 Å². The molecule has 1 amide bonds. The van der Waals surface area contributed by atoms with Crippen LogP contribution in [0.5, 0.6) is 0 Å². The maximum absolute atomic E-state index is 12.7. The van der Waals surface area contributed by atoms with E-state index in [1.807, 2.05) is 6.07 Å². The Balaban J connectivity index is 1.53. The number of amides is 1. The van der Waals surface area contributed by atoms with Crippen LogP contribution in [-0.4, -0.2) is 36.5 Å². The van der Waals surface area contributed by atoms with Gasteiger partial charge in [0.2, 0.25) is 0 Å². The van der Waals surface area contributed by atoms with Crippen LogP contribution in [0.15, 0.2) is 18.2 Å². The van der Waals surface area contributed by atoms with Crippen molar-refractivity contribution in [2.24, 2.45) is 5.92 Å². The Morgan fingerprint density at radius 2 is 2.05 bits per heavy atom. The molecular weight excluding hydrogens is 248 g/mol. The highest BCUT2D eigenvalue weighted by Gasteiger charge is 2.36. The minimum Gasteiger partial charge on any atom is -0.337 e. The van der Waals surface area contributed by atoms with Gasteiger partial charge in [-0.15, -0.1) is 0 Å². The first-order valence-electron chi connectivity index (χ1n) is 7.96. The van der Waals surface area contributed by atoms with Crippen LogP contribution in [0.3, 0.4) is 0 Å². The molecule has 3 nitrogen and oxygen atoms in total. The second kappa shape index (κ2) is 4.88. The molecule has 0 aromatic heterocycles. The van der Waals surface area contributed by atoms with Crippen molar-refractivity contribution >= 4 is 5.91 Å². The van der Waals surface area contributed by atoms with Crippen LogP contribution in [0.2, 0.25) is 0 Å². The van der Waals surface area contributed by atoms with E-state index in [-0.39, 0.29) is 5.91 Å². The fourth-order valence-electron chi connectivity index (χ4n) is 4.10. The third-order valence-electron chi connectivity index (χ3n) is 5.23. The summed E-state index contributed by atoms with van der Waals surface area (Å²) >= 11 is 0. The molecule has 1 aliphatic carbocycles. The van der Waals surface area contributed by atoms with E-state index in [0.29, 0.717) is 12.0 Å². The van der Waals surface area contributed by atoms with E-state index in [1.54, 1.807) is 0 Å². The van der Waals surface area contributed by atoms with Crippen LogP contribution in [-0.2, 0) is 12.8 Å². The molecule has 2 fully saturated rings. The van der Waals surface area contributed by atoms with Gasteiger partial charge in [-0.3, -0.25) is 4.79 Å². The fourth-order valence-corrected chi connectivity index (χ4v) is 4.10. The molecular formula is C17H22N2O. The molecule has 20 heavy (non-hydrogen) atoms. The summed E-state index contributed by atoms with van der Waals surface area (Å²) in [6, 6.07) is 6.86. The van der Waals surface area contributed by atoms with E-state index in [2.05, 4.69) is 22.3 Å². The number of nitrogens with zero attached hydrogens (tertiary/aromatic N) is 1. The first-order valence-corrected chi connectivity index (χ1v) is 7.96. The lowest BCUT2D eigenvalue weighted by molar-refractivity contribution is 0.0785. The minimum absolute atomic E-state index is 0.232. The monoisotopic (exact) mass is 270 g/mol. The van der Waals surface area contributed by atoms with Crippen LogP contribution < -0.4 is 5.32 Å². The number of nitrogens with one attached hydrogen (secondary N) is 1. The van der Waals surface area contributed by atoms with Crippen molar-refractivity contribution in [1.29, 1.82) is 0 Å². The van der Waals surface area contributed by atoms with E-state index >= 15 is 0 Å². The number of benzene rings is 1. The predicted octanol–water partition coefficient (Wildman–Crippen LogP) is 2.00. The van der Waals surface area contributed by atoms with Crippen LogP contribution in [0, 0.1) is 5.92 Å². The second-order valence-corrected chi connectivity index (χ2v) is 6.51. The smallest absolute Gasteiger partial charge is 0.253 e. The summed E-state index contributed by atoms with van der Waals surface area (Å²) in [6.45, 7) is 2.94. The number of aryl methyl sites for hydroxylation is 2. The highest BCUT2D eigenvalue weighted by atomic mass is 16.2. The maximum Gasteiger partial charge on any atom is 0.253 e. The van der Waals surface area contributed by atoms with Gasteiger partial charge in [0.25, 0.3) is 5.91 Å². The minimum atomic E-state index is 0.232. The third kappa shape index (κ3) is 2.05. The van der Waals surface area contributed by atoms with Crippen molar-refractivity contribution in [2.45, 2.75) is 38.1 Å². The largest absolute Gasteiger partial charge is 0.337 e. The van der Waals surface area contributed by atoms with Gasteiger partial charge in [-0.1, -0.05) is 6.07 Å². The van der Waals surface area contributed by atoms with Gasteiger partial charge in [0.05, 0.1) is 0 Å². The molecule has 3 aliphatic rings. The molecule has 106 valence electrons. The van der Waals surface area contributed by atoms with E-state index in [1.165, 1.54) is 36.8 Å². The molecule has 2 heterocycles. The van der Waals surface area contributed by atoms with Crippen LogP contribution in [0.1, 0.15) is 40.7 Å². The van der Waals surface area contributed by atoms with Gasteiger partial charge in [-0.05, 0) is 67.8 Å². The average Bonchev–Trinajstić information content (AvgIpc) is 3.11. The Kier molecular flexibility index (Phi) is 3.03. The molecule has 4 rings (SSSR count). The second-order valence-electron chi connectivity index (χ2n) is 6.51. The van der Waals surface area contributed by atoms with E-state index in [0.717, 1.165) is 31.6 Å². The lowest BCUT2D eigenvalue weighted by Crippen LogP contribution is -2.41. The average molecular weight is 270 g/mol. The summed E-state index contributed by atoms with van der Waals surface area (Å²) in [5, 5.41) is 3.57. The quantitative estimate of drug-likeness (QED) is 0.846.